The molecule has 1 fully saturated rings. The highest BCUT2D eigenvalue weighted by molar-refractivity contribution is 5.81. The van der Waals surface area contributed by atoms with Crippen molar-refractivity contribution < 1.29 is 9.21 Å². The van der Waals surface area contributed by atoms with Crippen LogP contribution in [0.15, 0.2) is 47.1 Å². The molecule has 0 saturated heterocycles. The second kappa shape index (κ2) is 5.41. The molecule has 0 bridgehead atoms. The maximum absolute atomic E-state index is 12.5. The zero-order chi connectivity index (χ0) is 13.9. The third kappa shape index (κ3) is 2.85. The zero-order valence-corrected chi connectivity index (χ0v) is 11.3. The summed E-state index contributed by atoms with van der Waals surface area (Å²) in [6, 6.07) is 11.6. The summed E-state index contributed by atoms with van der Waals surface area (Å²) in [5, 5.41) is 0. The van der Waals surface area contributed by atoms with Gasteiger partial charge in [-0.2, -0.15) is 0 Å². The van der Waals surface area contributed by atoms with E-state index < -0.39 is 0 Å². The molecule has 0 atom stereocenters. The van der Waals surface area contributed by atoms with E-state index in [1.54, 1.807) is 6.26 Å². The number of benzene rings is 1. The van der Waals surface area contributed by atoms with Crippen LogP contribution in [0.5, 0.6) is 0 Å². The molecule has 0 aliphatic heterocycles. The molecule has 1 saturated carbocycles. The minimum absolute atomic E-state index is 0.113. The predicted molar refractivity (Wildman–Crippen MR) is 76.8 cm³/mol. The maximum atomic E-state index is 12.5. The number of carbonyl (C=O) groups excluding carboxylic acids is 1. The van der Waals surface area contributed by atoms with Crippen LogP contribution in [-0.4, -0.2) is 16.8 Å². The topological polar surface area (TPSA) is 59.5 Å². The van der Waals surface area contributed by atoms with Crippen LogP contribution in [0.3, 0.4) is 0 Å². The van der Waals surface area contributed by atoms with Crippen LogP contribution >= 0.6 is 0 Å². The number of anilines is 1. The summed E-state index contributed by atoms with van der Waals surface area (Å²) in [7, 11) is 0. The Labute approximate surface area is 118 Å². The summed E-state index contributed by atoms with van der Waals surface area (Å²) < 4.78 is 5.35. The number of hydrogen-bond donors (Lipinski definition) is 1. The maximum Gasteiger partial charge on any atom is 0.227 e. The van der Waals surface area contributed by atoms with E-state index in [0.29, 0.717) is 24.7 Å². The molecule has 20 heavy (non-hydrogen) atoms. The van der Waals surface area contributed by atoms with Gasteiger partial charge in [0.05, 0.1) is 19.2 Å². The molecule has 1 aromatic carbocycles. The lowest BCUT2D eigenvalue weighted by atomic mass is 10.1. The Balaban J connectivity index is 1.71. The van der Waals surface area contributed by atoms with Gasteiger partial charge in [0.2, 0.25) is 5.91 Å². The number of furan rings is 1. The third-order valence-corrected chi connectivity index (χ3v) is 3.61. The molecule has 1 aliphatic rings. The number of hydrogen-bond acceptors (Lipinski definition) is 3. The SMILES string of the molecule is Nc1ccccc1CC(=O)N(Cc1ccco1)C1CC1. The number of para-hydroxylation sites is 1. The summed E-state index contributed by atoms with van der Waals surface area (Å²) in [6.07, 6.45) is 4.15. The molecule has 1 heterocycles. The summed E-state index contributed by atoms with van der Waals surface area (Å²) in [5.74, 6) is 0.938. The van der Waals surface area contributed by atoms with E-state index in [1.807, 2.05) is 41.3 Å². The Morgan fingerprint density at radius 3 is 2.70 bits per heavy atom. The number of nitrogens with two attached hydrogens (primary N) is 1. The van der Waals surface area contributed by atoms with Gasteiger partial charge < -0.3 is 15.1 Å². The standard InChI is InChI=1S/C16H18N2O2/c17-15-6-2-1-4-12(15)10-16(19)18(13-7-8-13)11-14-5-3-9-20-14/h1-6,9,13H,7-8,10-11,17H2. The van der Waals surface area contributed by atoms with Crippen molar-refractivity contribution in [2.75, 3.05) is 5.73 Å². The summed E-state index contributed by atoms with van der Waals surface area (Å²) >= 11 is 0. The van der Waals surface area contributed by atoms with Crippen molar-refractivity contribution in [3.63, 3.8) is 0 Å². The van der Waals surface area contributed by atoms with Crippen LogP contribution in [-0.2, 0) is 17.8 Å². The molecule has 4 heteroatoms. The number of carbonyl (C=O) groups is 1. The molecular formula is C16H18N2O2. The van der Waals surface area contributed by atoms with Crippen LogP contribution in [0.25, 0.3) is 0 Å². The van der Waals surface area contributed by atoms with Crippen LogP contribution in [0.1, 0.15) is 24.2 Å². The lowest BCUT2D eigenvalue weighted by molar-refractivity contribution is -0.131. The fourth-order valence-electron chi connectivity index (χ4n) is 2.34. The van der Waals surface area contributed by atoms with E-state index in [-0.39, 0.29) is 5.91 Å². The quantitative estimate of drug-likeness (QED) is 0.849. The Morgan fingerprint density at radius 2 is 2.05 bits per heavy atom. The second-order valence-electron chi connectivity index (χ2n) is 5.21. The molecular weight excluding hydrogens is 252 g/mol. The summed E-state index contributed by atoms with van der Waals surface area (Å²) in [6.45, 7) is 0.545. The predicted octanol–water partition coefficient (Wildman–Crippen LogP) is 2.60. The molecule has 0 spiro atoms. The Kier molecular flexibility index (Phi) is 3.46. The molecule has 1 amide bonds. The van der Waals surface area contributed by atoms with Gasteiger partial charge in [0, 0.05) is 11.7 Å². The van der Waals surface area contributed by atoms with Gasteiger partial charge in [-0.15, -0.1) is 0 Å². The first-order chi connectivity index (χ1) is 9.74. The van der Waals surface area contributed by atoms with Gasteiger partial charge in [0.25, 0.3) is 0 Å². The lowest BCUT2D eigenvalue weighted by Gasteiger charge is -2.21. The van der Waals surface area contributed by atoms with Crippen LogP contribution in [0.2, 0.25) is 0 Å². The van der Waals surface area contributed by atoms with E-state index in [0.717, 1.165) is 24.2 Å². The molecule has 0 unspecified atom stereocenters. The van der Waals surface area contributed by atoms with Gasteiger partial charge in [0.15, 0.2) is 0 Å². The zero-order valence-electron chi connectivity index (χ0n) is 11.3. The van der Waals surface area contributed by atoms with Crippen molar-refractivity contribution in [2.24, 2.45) is 0 Å². The molecule has 4 nitrogen and oxygen atoms in total. The van der Waals surface area contributed by atoms with Crippen molar-refractivity contribution in [1.82, 2.24) is 4.90 Å². The normalized spacial score (nSPS) is 14.2. The van der Waals surface area contributed by atoms with E-state index in [2.05, 4.69) is 0 Å². The highest BCUT2D eigenvalue weighted by Gasteiger charge is 2.33. The van der Waals surface area contributed by atoms with Gasteiger partial charge in [-0.3, -0.25) is 4.79 Å². The third-order valence-electron chi connectivity index (χ3n) is 3.61. The van der Waals surface area contributed by atoms with Crippen LogP contribution in [0.4, 0.5) is 5.69 Å². The van der Waals surface area contributed by atoms with Crippen molar-refractivity contribution >= 4 is 11.6 Å². The summed E-state index contributed by atoms with van der Waals surface area (Å²) in [5.41, 5.74) is 7.47. The van der Waals surface area contributed by atoms with Gasteiger partial charge in [-0.25, -0.2) is 0 Å². The van der Waals surface area contributed by atoms with E-state index >= 15 is 0 Å². The van der Waals surface area contributed by atoms with Crippen molar-refractivity contribution in [1.29, 1.82) is 0 Å². The highest BCUT2D eigenvalue weighted by atomic mass is 16.3. The lowest BCUT2D eigenvalue weighted by Crippen LogP contribution is -2.33. The molecule has 1 aromatic heterocycles. The Bertz CT molecular complexity index is 588. The Hall–Kier alpha value is -2.23. The van der Waals surface area contributed by atoms with E-state index in [1.165, 1.54) is 0 Å². The van der Waals surface area contributed by atoms with Gasteiger partial charge in [0.1, 0.15) is 5.76 Å². The van der Waals surface area contributed by atoms with Gasteiger partial charge in [-0.1, -0.05) is 18.2 Å². The minimum Gasteiger partial charge on any atom is -0.467 e. The summed E-state index contributed by atoms with van der Waals surface area (Å²) in [4.78, 5) is 14.4. The molecule has 104 valence electrons. The van der Waals surface area contributed by atoms with Crippen molar-refractivity contribution in [3.05, 3.63) is 54.0 Å². The Morgan fingerprint density at radius 1 is 1.25 bits per heavy atom. The fraction of sp³-hybridized carbons (Fsp3) is 0.312. The first-order valence-corrected chi connectivity index (χ1v) is 6.89. The van der Waals surface area contributed by atoms with Gasteiger partial charge >= 0.3 is 0 Å². The number of amides is 1. The highest BCUT2D eigenvalue weighted by Crippen LogP contribution is 2.29. The molecule has 1 aliphatic carbocycles. The first-order valence-electron chi connectivity index (χ1n) is 6.89. The molecule has 2 aromatic rings. The molecule has 2 N–H and O–H groups in total. The first kappa shape index (κ1) is 12.8. The smallest absolute Gasteiger partial charge is 0.227 e. The average molecular weight is 270 g/mol. The average Bonchev–Trinajstić information content (AvgIpc) is 3.15. The van der Waals surface area contributed by atoms with Crippen LogP contribution in [0, 0.1) is 0 Å². The van der Waals surface area contributed by atoms with Crippen molar-refractivity contribution in [3.8, 4) is 0 Å². The van der Waals surface area contributed by atoms with E-state index in [9.17, 15) is 4.79 Å². The minimum atomic E-state index is 0.113. The second-order valence-corrected chi connectivity index (χ2v) is 5.21. The van der Waals surface area contributed by atoms with Crippen LogP contribution < -0.4 is 5.73 Å². The van der Waals surface area contributed by atoms with E-state index in [4.69, 9.17) is 10.2 Å². The number of rotatable bonds is 5. The van der Waals surface area contributed by atoms with Crippen molar-refractivity contribution in [2.45, 2.75) is 31.8 Å². The molecule has 0 radical (unpaired) electrons. The molecule has 3 rings (SSSR count). The van der Waals surface area contributed by atoms with Gasteiger partial charge in [-0.05, 0) is 36.6 Å². The number of nitrogens with zero attached hydrogens (tertiary/aromatic N) is 1. The number of nitrogen functional groups attached to an aromatic ring is 1. The fourth-order valence-corrected chi connectivity index (χ4v) is 2.34. The monoisotopic (exact) mass is 270 g/mol. The largest absolute Gasteiger partial charge is 0.467 e.